The van der Waals surface area contributed by atoms with Gasteiger partial charge in [0.25, 0.3) is 0 Å². The zero-order valence-corrected chi connectivity index (χ0v) is 16.1. The zero-order valence-electron chi connectivity index (χ0n) is 14.5. The smallest absolute Gasteiger partial charge is 0.355 e. The number of nitriles is 1. The number of allylic oxidation sites excluding steroid dienone is 1. The molecule has 0 saturated carbocycles. The zero-order chi connectivity index (χ0) is 19.4. The Kier molecular flexibility index (Phi) is 5.65. The summed E-state index contributed by atoms with van der Waals surface area (Å²) in [6.07, 6.45) is 2.98. The van der Waals surface area contributed by atoms with E-state index in [-0.39, 0.29) is 5.75 Å². The summed E-state index contributed by atoms with van der Waals surface area (Å²) in [7, 11) is 3.04. The lowest BCUT2D eigenvalue weighted by molar-refractivity contribution is 0.0735. The molecule has 3 rings (SSSR count). The van der Waals surface area contributed by atoms with E-state index in [1.807, 2.05) is 12.1 Å². The van der Waals surface area contributed by atoms with Gasteiger partial charge in [-0.15, -0.1) is 11.3 Å². The third kappa shape index (κ3) is 3.90. The molecule has 2 aromatic carbocycles. The highest BCUT2D eigenvalue weighted by molar-refractivity contribution is 7.21. The van der Waals surface area contributed by atoms with Crippen LogP contribution in [-0.2, 0) is 0 Å². The second-order valence-corrected chi connectivity index (χ2v) is 6.80. The molecule has 0 bridgehead atoms. The summed E-state index contributed by atoms with van der Waals surface area (Å²) in [6, 6.07) is 12.4. The SMILES string of the molecule is COc1ccc2sc(C(=O)Oc3ccc(/C=C\C#N)cc3OC)c(Cl)c2c1. The van der Waals surface area contributed by atoms with Gasteiger partial charge in [-0.05, 0) is 42.0 Å². The molecule has 1 aromatic heterocycles. The average Bonchev–Trinajstić information content (AvgIpc) is 3.03. The van der Waals surface area contributed by atoms with E-state index in [9.17, 15) is 4.79 Å². The molecule has 3 aromatic rings. The molecular weight excluding hydrogens is 386 g/mol. The molecule has 0 saturated heterocycles. The van der Waals surface area contributed by atoms with Gasteiger partial charge in [0, 0.05) is 16.2 Å². The number of carbonyl (C=O) groups is 1. The van der Waals surface area contributed by atoms with Crippen LogP contribution in [0.4, 0.5) is 0 Å². The minimum atomic E-state index is -0.571. The highest BCUT2D eigenvalue weighted by atomic mass is 35.5. The number of nitrogens with zero attached hydrogens (tertiary/aromatic N) is 1. The molecule has 0 aliphatic rings. The quantitative estimate of drug-likeness (QED) is 0.329. The average molecular weight is 400 g/mol. The lowest BCUT2D eigenvalue weighted by Gasteiger charge is -2.09. The highest BCUT2D eigenvalue weighted by Crippen LogP contribution is 2.38. The van der Waals surface area contributed by atoms with Crippen molar-refractivity contribution >= 4 is 45.1 Å². The van der Waals surface area contributed by atoms with Gasteiger partial charge in [0.15, 0.2) is 11.5 Å². The van der Waals surface area contributed by atoms with E-state index in [0.717, 1.165) is 15.6 Å². The summed E-state index contributed by atoms with van der Waals surface area (Å²) in [4.78, 5) is 12.9. The number of carbonyl (C=O) groups excluding carboxylic acids is 1. The van der Waals surface area contributed by atoms with E-state index in [1.54, 1.807) is 43.5 Å². The van der Waals surface area contributed by atoms with E-state index in [2.05, 4.69) is 0 Å². The van der Waals surface area contributed by atoms with E-state index in [4.69, 9.17) is 31.1 Å². The molecule has 136 valence electrons. The Morgan fingerprint density at radius 3 is 2.67 bits per heavy atom. The molecule has 0 fully saturated rings. The van der Waals surface area contributed by atoms with Gasteiger partial charge in [-0.3, -0.25) is 0 Å². The Hall–Kier alpha value is -3.01. The molecule has 0 radical (unpaired) electrons. The van der Waals surface area contributed by atoms with Gasteiger partial charge in [0.05, 0.1) is 25.3 Å². The van der Waals surface area contributed by atoms with Gasteiger partial charge in [-0.25, -0.2) is 4.79 Å². The number of ether oxygens (including phenoxy) is 3. The molecule has 5 nitrogen and oxygen atoms in total. The Labute approximate surface area is 165 Å². The van der Waals surface area contributed by atoms with Crippen LogP contribution >= 0.6 is 22.9 Å². The molecule has 0 spiro atoms. The fraction of sp³-hybridized carbons (Fsp3) is 0.100. The summed E-state index contributed by atoms with van der Waals surface area (Å²) in [5, 5.41) is 9.67. The van der Waals surface area contributed by atoms with Crippen molar-refractivity contribution in [3.8, 4) is 23.3 Å². The Morgan fingerprint density at radius 2 is 1.96 bits per heavy atom. The van der Waals surface area contributed by atoms with Crippen molar-refractivity contribution in [1.29, 1.82) is 5.26 Å². The van der Waals surface area contributed by atoms with E-state index in [0.29, 0.717) is 21.4 Å². The number of hydrogen-bond acceptors (Lipinski definition) is 6. The second kappa shape index (κ2) is 8.12. The predicted octanol–water partition coefficient (Wildman–Crippen LogP) is 5.33. The van der Waals surface area contributed by atoms with Crippen molar-refractivity contribution in [2.45, 2.75) is 0 Å². The minimum absolute atomic E-state index is 0.266. The highest BCUT2D eigenvalue weighted by Gasteiger charge is 2.21. The summed E-state index contributed by atoms with van der Waals surface area (Å²) < 4.78 is 16.8. The van der Waals surface area contributed by atoms with Crippen molar-refractivity contribution in [2.24, 2.45) is 0 Å². The lowest BCUT2D eigenvalue weighted by atomic mass is 10.2. The van der Waals surface area contributed by atoms with Crippen LogP contribution in [-0.4, -0.2) is 20.2 Å². The largest absolute Gasteiger partial charge is 0.497 e. The number of esters is 1. The van der Waals surface area contributed by atoms with E-state index >= 15 is 0 Å². The second-order valence-electron chi connectivity index (χ2n) is 5.37. The van der Waals surface area contributed by atoms with Crippen LogP contribution in [0.5, 0.6) is 17.2 Å². The first-order valence-corrected chi connectivity index (χ1v) is 8.99. The van der Waals surface area contributed by atoms with Crippen LogP contribution in [0.25, 0.3) is 16.2 Å². The maximum absolute atomic E-state index is 12.6. The first-order chi connectivity index (χ1) is 13.1. The van der Waals surface area contributed by atoms with Gasteiger partial charge in [-0.1, -0.05) is 17.7 Å². The van der Waals surface area contributed by atoms with Gasteiger partial charge in [-0.2, -0.15) is 5.26 Å². The number of thiophene rings is 1. The van der Waals surface area contributed by atoms with Crippen LogP contribution in [0.15, 0.2) is 42.5 Å². The van der Waals surface area contributed by atoms with Crippen LogP contribution in [0.3, 0.4) is 0 Å². The first-order valence-electron chi connectivity index (χ1n) is 7.79. The summed E-state index contributed by atoms with van der Waals surface area (Å²) in [5.41, 5.74) is 0.750. The molecule has 1 heterocycles. The molecule has 0 unspecified atom stereocenters. The molecule has 0 aliphatic heterocycles. The number of hydrogen-bond donors (Lipinski definition) is 0. The van der Waals surface area contributed by atoms with Crippen LogP contribution < -0.4 is 14.2 Å². The summed E-state index contributed by atoms with van der Waals surface area (Å²) in [5.74, 6) is 0.730. The molecule has 7 heteroatoms. The Balaban J connectivity index is 1.91. The minimum Gasteiger partial charge on any atom is -0.497 e. The van der Waals surface area contributed by atoms with Crippen molar-refractivity contribution < 1.29 is 19.0 Å². The van der Waals surface area contributed by atoms with Crippen molar-refractivity contribution in [2.75, 3.05) is 14.2 Å². The van der Waals surface area contributed by atoms with Crippen LogP contribution in [0.1, 0.15) is 15.2 Å². The number of benzene rings is 2. The van der Waals surface area contributed by atoms with Gasteiger partial charge >= 0.3 is 5.97 Å². The number of halogens is 1. The summed E-state index contributed by atoms with van der Waals surface area (Å²) >= 11 is 7.63. The standard InChI is InChI=1S/C20H14ClNO4S/c1-24-13-6-8-17-14(11-13)18(21)19(27-17)20(23)26-15-7-5-12(4-3-9-22)10-16(15)25-2/h3-8,10-11H,1-2H3/b4-3-. The third-order valence-corrected chi connectivity index (χ3v) is 5.42. The number of methoxy groups -OCH3 is 2. The van der Waals surface area contributed by atoms with E-state index < -0.39 is 5.97 Å². The fourth-order valence-corrected chi connectivity index (χ4v) is 3.81. The Morgan fingerprint density at radius 1 is 1.15 bits per heavy atom. The van der Waals surface area contributed by atoms with Crippen LogP contribution in [0, 0.1) is 11.3 Å². The third-order valence-electron chi connectivity index (χ3n) is 3.76. The summed E-state index contributed by atoms with van der Waals surface area (Å²) in [6.45, 7) is 0. The number of fused-ring (bicyclic) bond motifs is 1. The maximum atomic E-state index is 12.6. The van der Waals surface area contributed by atoms with Gasteiger partial charge < -0.3 is 14.2 Å². The molecule has 27 heavy (non-hydrogen) atoms. The molecule has 0 N–H and O–H groups in total. The topological polar surface area (TPSA) is 68.5 Å². The van der Waals surface area contributed by atoms with Crippen molar-refractivity contribution in [1.82, 2.24) is 0 Å². The normalized spacial score (nSPS) is 10.7. The van der Waals surface area contributed by atoms with Crippen LogP contribution in [0.2, 0.25) is 5.02 Å². The van der Waals surface area contributed by atoms with Gasteiger partial charge in [0.2, 0.25) is 0 Å². The van der Waals surface area contributed by atoms with E-state index in [1.165, 1.54) is 24.5 Å². The van der Waals surface area contributed by atoms with Crippen molar-refractivity contribution in [3.63, 3.8) is 0 Å². The predicted molar refractivity (Wildman–Crippen MR) is 106 cm³/mol. The monoisotopic (exact) mass is 399 g/mol. The van der Waals surface area contributed by atoms with Gasteiger partial charge in [0.1, 0.15) is 10.6 Å². The molecule has 0 aliphatic carbocycles. The number of rotatable bonds is 5. The first kappa shape index (κ1) is 18.8. The molecule has 0 amide bonds. The Bertz CT molecular complexity index is 1080. The fourth-order valence-electron chi connectivity index (χ4n) is 2.46. The lowest BCUT2D eigenvalue weighted by Crippen LogP contribution is -2.08. The molecule has 0 atom stereocenters. The van der Waals surface area contributed by atoms with Crippen molar-refractivity contribution in [3.05, 3.63) is 57.9 Å². The molecular formula is C20H14ClNO4S. The maximum Gasteiger partial charge on any atom is 0.355 e.